The normalized spacial score (nSPS) is 10.5. The first-order valence-electron chi connectivity index (χ1n) is 5.54. The third-order valence-electron chi connectivity index (χ3n) is 2.58. The summed E-state index contributed by atoms with van der Waals surface area (Å²) in [4.78, 5) is 0. The summed E-state index contributed by atoms with van der Waals surface area (Å²) in [6, 6.07) is 8.03. The van der Waals surface area contributed by atoms with Crippen LogP contribution in [0.15, 0.2) is 30.5 Å². The smallest absolute Gasteiger partial charge is 0.118 e. The van der Waals surface area contributed by atoms with E-state index in [2.05, 4.69) is 22.4 Å². The molecule has 5 heteroatoms. The number of benzene rings is 1. The Morgan fingerprint density at radius 1 is 1.29 bits per heavy atom. The number of rotatable bonds is 5. The largest absolute Gasteiger partial charge is 0.497 e. The summed E-state index contributed by atoms with van der Waals surface area (Å²) < 4.78 is 6.92. The molecule has 90 valence electrons. The lowest BCUT2D eigenvalue weighted by molar-refractivity contribution is 0.414. The van der Waals surface area contributed by atoms with E-state index < -0.39 is 0 Å². The summed E-state index contributed by atoms with van der Waals surface area (Å²) in [5, 5.41) is 7.94. The Morgan fingerprint density at radius 2 is 2.06 bits per heavy atom. The molecule has 0 fully saturated rings. The molecule has 0 radical (unpaired) electrons. The van der Waals surface area contributed by atoms with Gasteiger partial charge in [0.25, 0.3) is 0 Å². The number of hydrogen-bond donors (Lipinski definition) is 1. The van der Waals surface area contributed by atoms with Crippen LogP contribution in [0.1, 0.15) is 11.3 Å². The van der Waals surface area contributed by atoms with Gasteiger partial charge in [0.15, 0.2) is 0 Å². The number of nitrogens with two attached hydrogens (primary N) is 1. The highest BCUT2D eigenvalue weighted by Gasteiger charge is 1.99. The van der Waals surface area contributed by atoms with Gasteiger partial charge in [-0.1, -0.05) is 17.3 Å². The van der Waals surface area contributed by atoms with Crippen molar-refractivity contribution < 1.29 is 4.74 Å². The fourth-order valence-corrected chi connectivity index (χ4v) is 1.58. The Kier molecular flexibility index (Phi) is 3.72. The summed E-state index contributed by atoms with van der Waals surface area (Å²) in [5.41, 5.74) is 7.54. The molecule has 2 aromatic rings. The molecule has 1 aromatic heterocycles. The molecule has 0 bridgehead atoms. The Hall–Kier alpha value is -1.88. The monoisotopic (exact) mass is 232 g/mol. The molecule has 0 unspecified atom stereocenters. The van der Waals surface area contributed by atoms with Gasteiger partial charge < -0.3 is 10.5 Å². The fourth-order valence-electron chi connectivity index (χ4n) is 1.58. The second kappa shape index (κ2) is 5.45. The number of hydrogen-bond acceptors (Lipinski definition) is 4. The van der Waals surface area contributed by atoms with E-state index in [9.17, 15) is 0 Å². The molecule has 0 saturated carbocycles. The van der Waals surface area contributed by atoms with Gasteiger partial charge in [0.05, 0.1) is 12.8 Å². The Morgan fingerprint density at radius 3 is 2.65 bits per heavy atom. The lowest BCUT2D eigenvalue weighted by Gasteiger charge is -2.03. The summed E-state index contributed by atoms with van der Waals surface area (Å²) in [7, 11) is 1.67. The number of nitrogens with zero attached hydrogens (tertiary/aromatic N) is 3. The molecule has 1 heterocycles. The average Bonchev–Trinajstić information content (AvgIpc) is 2.85. The van der Waals surface area contributed by atoms with Gasteiger partial charge in [0, 0.05) is 19.3 Å². The van der Waals surface area contributed by atoms with Crippen LogP contribution in [-0.2, 0) is 19.5 Å². The molecular formula is C12H16N4O. The minimum absolute atomic E-state index is 0.433. The van der Waals surface area contributed by atoms with Gasteiger partial charge in [0.2, 0.25) is 0 Å². The van der Waals surface area contributed by atoms with Crippen molar-refractivity contribution in [1.29, 1.82) is 0 Å². The highest BCUT2D eigenvalue weighted by Crippen LogP contribution is 2.12. The third-order valence-corrected chi connectivity index (χ3v) is 2.58. The van der Waals surface area contributed by atoms with E-state index in [1.54, 1.807) is 7.11 Å². The maximum absolute atomic E-state index is 5.47. The van der Waals surface area contributed by atoms with Gasteiger partial charge in [-0.3, -0.25) is 4.68 Å². The van der Waals surface area contributed by atoms with E-state index in [1.165, 1.54) is 5.56 Å². The van der Waals surface area contributed by atoms with Crippen molar-refractivity contribution in [3.63, 3.8) is 0 Å². The first-order chi connectivity index (χ1) is 8.31. The van der Waals surface area contributed by atoms with E-state index in [1.807, 2.05) is 23.0 Å². The van der Waals surface area contributed by atoms with Crippen LogP contribution >= 0.6 is 0 Å². The summed E-state index contributed by atoms with van der Waals surface area (Å²) >= 11 is 0. The van der Waals surface area contributed by atoms with Crippen LogP contribution in [0.5, 0.6) is 5.75 Å². The van der Waals surface area contributed by atoms with Crippen molar-refractivity contribution >= 4 is 0 Å². The van der Waals surface area contributed by atoms with E-state index in [4.69, 9.17) is 10.5 Å². The van der Waals surface area contributed by atoms with Gasteiger partial charge in [-0.25, -0.2) is 0 Å². The van der Waals surface area contributed by atoms with Crippen molar-refractivity contribution in [3.05, 3.63) is 41.7 Å². The summed E-state index contributed by atoms with van der Waals surface area (Å²) in [6.45, 7) is 1.24. The van der Waals surface area contributed by atoms with Crippen molar-refractivity contribution in [1.82, 2.24) is 15.0 Å². The standard InChI is InChI=1S/C12H16N4O/c1-17-12-4-2-10(3-5-12)6-7-16-9-11(8-13)14-15-16/h2-5,9H,6-8,13H2,1H3. The molecule has 0 spiro atoms. The van der Waals surface area contributed by atoms with Crippen molar-refractivity contribution in [3.8, 4) is 5.75 Å². The Labute approximate surface area is 100 Å². The second-order valence-corrected chi connectivity index (χ2v) is 3.78. The minimum Gasteiger partial charge on any atom is -0.497 e. The van der Waals surface area contributed by atoms with Crippen molar-refractivity contribution in [2.24, 2.45) is 5.73 Å². The molecule has 2 rings (SSSR count). The van der Waals surface area contributed by atoms with Gasteiger partial charge in [-0.2, -0.15) is 0 Å². The number of aromatic nitrogens is 3. The number of aryl methyl sites for hydroxylation is 2. The molecule has 0 amide bonds. The molecular weight excluding hydrogens is 216 g/mol. The number of methoxy groups -OCH3 is 1. The summed E-state index contributed by atoms with van der Waals surface area (Å²) in [6.07, 6.45) is 2.79. The molecule has 1 aromatic carbocycles. The quantitative estimate of drug-likeness (QED) is 0.834. The Balaban J connectivity index is 1.92. The third kappa shape index (κ3) is 3.04. The maximum atomic E-state index is 5.47. The molecule has 2 N–H and O–H groups in total. The highest BCUT2D eigenvalue weighted by atomic mass is 16.5. The predicted molar refractivity (Wildman–Crippen MR) is 64.6 cm³/mol. The Bertz CT molecular complexity index is 464. The zero-order valence-corrected chi connectivity index (χ0v) is 9.84. The topological polar surface area (TPSA) is 66.0 Å². The lowest BCUT2D eigenvalue weighted by atomic mass is 10.1. The zero-order chi connectivity index (χ0) is 12.1. The number of ether oxygens (including phenoxy) is 1. The molecule has 0 saturated heterocycles. The molecule has 0 aliphatic heterocycles. The van der Waals surface area contributed by atoms with Crippen LogP contribution in [0, 0.1) is 0 Å². The van der Waals surface area contributed by atoms with Crippen molar-refractivity contribution in [2.75, 3.05) is 7.11 Å². The molecule has 0 aliphatic carbocycles. The highest BCUT2D eigenvalue weighted by molar-refractivity contribution is 5.27. The van der Waals surface area contributed by atoms with Crippen LogP contribution in [0.2, 0.25) is 0 Å². The molecule has 0 atom stereocenters. The molecule has 0 aliphatic rings. The zero-order valence-electron chi connectivity index (χ0n) is 9.84. The van der Waals surface area contributed by atoms with Gasteiger partial charge >= 0.3 is 0 Å². The minimum atomic E-state index is 0.433. The second-order valence-electron chi connectivity index (χ2n) is 3.78. The fraction of sp³-hybridized carbons (Fsp3) is 0.333. The maximum Gasteiger partial charge on any atom is 0.118 e. The van der Waals surface area contributed by atoms with E-state index in [0.29, 0.717) is 6.54 Å². The first-order valence-corrected chi connectivity index (χ1v) is 5.54. The van der Waals surface area contributed by atoms with Crippen LogP contribution in [0.4, 0.5) is 0 Å². The summed E-state index contributed by atoms with van der Waals surface area (Å²) in [5.74, 6) is 0.875. The molecule has 17 heavy (non-hydrogen) atoms. The predicted octanol–water partition coefficient (Wildman–Crippen LogP) is 0.988. The molecule has 5 nitrogen and oxygen atoms in total. The van der Waals surface area contributed by atoms with Gasteiger partial charge in [-0.05, 0) is 24.1 Å². The first kappa shape index (κ1) is 11.6. The van der Waals surface area contributed by atoms with E-state index in [-0.39, 0.29) is 0 Å². The van der Waals surface area contributed by atoms with Gasteiger partial charge in [0.1, 0.15) is 5.75 Å². The van der Waals surface area contributed by atoms with E-state index in [0.717, 1.165) is 24.4 Å². The lowest BCUT2D eigenvalue weighted by Crippen LogP contribution is -2.02. The van der Waals surface area contributed by atoms with E-state index >= 15 is 0 Å². The average molecular weight is 232 g/mol. The van der Waals surface area contributed by atoms with Crippen LogP contribution in [0.3, 0.4) is 0 Å². The van der Waals surface area contributed by atoms with Crippen LogP contribution in [-0.4, -0.2) is 22.1 Å². The SMILES string of the molecule is COc1ccc(CCn2cc(CN)nn2)cc1. The van der Waals surface area contributed by atoms with Crippen molar-refractivity contribution in [2.45, 2.75) is 19.5 Å². The van der Waals surface area contributed by atoms with Crippen LogP contribution < -0.4 is 10.5 Å². The van der Waals surface area contributed by atoms with Crippen LogP contribution in [0.25, 0.3) is 0 Å². The van der Waals surface area contributed by atoms with Gasteiger partial charge in [-0.15, -0.1) is 5.10 Å².